The van der Waals surface area contributed by atoms with Gasteiger partial charge in [0.2, 0.25) is 0 Å². The van der Waals surface area contributed by atoms with Gasteiger partial charge in [-0.2, -0.15) is 0 Å². The van der Waals surface area contributed by atoms with E-state index in [1.807, 2.05) is 0 Å². The van der Waals surface area contributed by atoms with Gasteiger partial charge in [-0.25, -0.2) is 8.78 Å². The van der Waals surface area contributed by atoms with Gasteiger partial charge in [0.05, 0.1) is 0 Å². The van der Waals surface area contributed by atoms with Gasteiger partial charge in [-0.05, 0) is 61.1 Å². The summed E-state index contributed by atoms with van der Waals surface area (Å²) in [4.78, 5) is 0. The zero-order valence-corrected chi connectivity index (χ0v) is 13.9. The highest BCUT2D eigenvalue weighted by molar-refractivity contribution is 9.09. The monoisotopic (exact) mass is 352 g/mol. The third kappa shape index (κ3) is 4.13. The fourth-order valence-corrected chi connectivity index (χ4v) is 2.89. The molecule has 0 fully saturated rings. The predicted molar refractivity (Wildman–Crippen MR) is 87.1 cm³/mol. The van der Waals surface area contributed by atoms with Crippen molar-refractivity contribution in [2.45, 2.75) is 32.6 Å². The zero-order valence-electron chi connectivity index (χ0n) is 12.3. The minimum absolute atomic E-state index is 0.0204. The van der Waals surface area contributed by atoms with Crippen molar-refractivity contribution < 1.29 is 8.78 Å². The van der Waals surface area contributed by atoms with Gasteiger partial charge in [-0.15, -0.1) is 0 Å². The highest BCUT2D eigenvalue weighted by atomic mass is 79.9. The van der Waals surface area contributed by atoms with Gasteiger partial charge in [-0.3, -0.25) is 0 Å². The molecule has 0 saturated heterocycles. The topological polar surface area (TPSA) is 0 Å². The maximum Gasteiger partial charge on any atom is 0.126 e. The van der Waals surface area contributed by atoms with Crippen molar-refractivity contribution in [1.29, 1.82) is 0 Å². The highest BCUT2D eigenvalue weighted by Crippen LogP contribution is 2.31. The fourth-order valence-electron chi connectivity index (χ4n) is 2.56. The molecule has 0 aliphatic carbocycles. The van der Waals surface area contributed by atoms with Crippen LogP contribution in [-0.4, -0.2) is 5.33 Å². The lowest BCUT2D eigenvalue weighted by atomic mass is 9.86. The minimum Gasteiger partial charge on any atom is -0.207 e. The molecule has 3 heteroatoms. The minimum atomic E-state index is -0.516. The Kier molecular flexibility index (Phi) is 5.51. The molecule has 0 heterocycles. The number of hydrogen-bond acceptors (Lipinski definition) is 0. The van der Waals surface area contributed by atoms with E-state index in [4.69, 9.17) is 0 Å². The molecule has 2 aromatic rings. The van der Waals surface area contributed by atoms with Crippen molar-refractivity contribution in [2.24, 2.45) is 0 Å². The molecule has 0 unspecified atom stereocenters. The lowest BCUT2D eigenvalue weighted by molar-refractivity contribution is 0.574. The Morgan fingerprint density at radius 3 is 2.14 bits per heavy atom. The van der Waals surface area contributed by atoms with Gasteiger partial charge in [0.25, 0.3) is 0 Å². The lowest BCUT2D eigenvalue weighted by Gasteiger charge is -2.19. The second kappa shape index (κ2) is 7.17. The third-order valence-electron chi connectivity index (χ3n) is 3.85. The first-order valence-corrected chi connectivity index (χ1v) is 8.22. The van der Waals surface area contributed by atoms with Gasteiger partial charge >= 0.3 is 0 Å². The Bertz CT molecular complexity index is 602. The van der Waals surface area contributed by atoms with E-state index in [0.29, 0.717) is 5.56 Å². The number of alkyl halides is 1. The summed E-state index contributed by atoms with van der Waals surface area (Å²) in [6, 6.07) is 10.1. The smallest absolute Gasteiger partial charge is 0.126 e. The summed E-state index contributed by atoms with van der Waals surface area (Å²) in [5.41, 5.74) is 4.25. The van der Waals surface area contributed by atoms with Crippen molar-refractivity contribution >= 4 is 15.9 Å². The van der Waals surface area contributed by atoms with Crippen LogP contribution in [0.25, 0.3) is 0 Å². The number of rotatable bonds is 5. The van der Waals surface area contributed by atoms with Crippen LogP contribution in [0.2, 0.25) is 0 Å². The van der Waals surface area contributed by atoms with E-state index in [2.05, 4.69) is 48.0 Å². The summed E-state index contributed by atoms with van der Waals surface area (Å²) in [5.74, 6) is -1.01. The average molecular weight is 353 g/mol. The van der Waals surface area contributed by atoms with E-state index in [9.17, 15) is 8.78 Å². The fraction of sp³-hybridized carbons (Fsp3) is 0.333. The summed E-state index contributed by atoms with van der Waals surface area (Å²) < 4.78 is 27.0. The molecule has 112 valence electrons. The molecule has 0 N–H and O–H groups in total. The van der Waals surface area contributed by atoms with Crippen LogP contribution in [0.3, 0.4) is 0 Å². The summed E-state index contributed by atoms with van der Waals surface area (Å²) >= 11 is 3.43. The molecule has 0 nitrogen and oxygen atoms in total. The van der Waals surface area contributed by atoms with Gasteiger partial charge < -0.3 is 0 Å². The van der Waals surface area contributed by atoms with Crippen LogP contribution < -0.4 is 0 Å². The van der Waals surface area contributed by atoms with E-state index in [1.54, 1.807) is 0 Å². The molecule has 0 spiro atoms. The SMILES string of the molecule is Cc1ccc([C@@H](CCCBr)c2cc(F)cc(F)c2)cc1C. The Hall–Kier alpha value is -1.22. The molecule has 0 aliphatic heterocycles. The first kappa shape index (κ1) is 16.2. The first-order valence-electron chi connectivity index (χ1n) is 7.10. The van der Waals surface area contributed by atoms with Crippen molar-refractivity contribution in [3.8, 4) is 0 Å². The molecule has 0 aromatic heterocycles. The molecule has 1 atom stereocenters. The first-order chi connectivity index (χ1) is 10.0. The van der Waals surface area contributed by atoms with Gasteiger partial charge in [0.1, 0.15) is 11.6 Å². The van der Waals surface area contributed by atoms with E-state index >= 15 is 0 Å². The number of aryl methyl sites for hydroxylation is 2. The van der Waals surface area contributed by atoms with E-state index < -0.39 is 11.6 Å². The Morgan fingerprint density at radius 2 is 1.57 bits per heavy atom. The summed E-state index contributed by atoms with van der Waals surface area (Å²) in [7, 11) is 0. The standard InChI is InChI=1S/C18H19BrF2/c1-12-5-6-14(8-13(12)2)18(4-3-7-19)15-9-16(20)11-17(21)10-15/h5-6,8-11,18H,3-4,7H2,1-2H3/t18-/m1/s1. The van der Waals surface area contributed by atoms with Crippen LogP contribution in [0.1, 0.15) is 41.0 Å². The summed E-state index contributed by atoms with van der Waals surface area (Å²) in [6.07, 6.45) is 1.81. The second-order valence-corrected chi connectivity index (χ2v) is 6.22. The molecule has 2 rings (SSSR count). The van der Waals surface area contributed by atoms with E-state index in [0.717, 1.165) is 29.8 Å². The average Bonchev–Trinajstić information content (AvgIpc) is 2.42. The molecule has 0 radical (unpaired) electrons. The lowest BCUT2D eigenvalue weighted by Crippen LogP contribution is -2.04. The molecule has 2 aromatic carbocycles. The quantitative estimate of drug-likeness (QED) is 0.588. The van der Waals surface area contributed by atoms with Crippen molar-refractivity contribution in [3.63, 3.8) is 0 Å². The molecular formula is C18H19BrF2. The van der Waals surface area contributed by atoms with Crippen LogP contribution in [0.5, 0.6) is 0 Å². The van der Waals surface area contributed by atoms with Gasteiger partial charge in [-0.1, -0.05) is 34.1 Å². The molecule has 21 heavy (non-hydrogen) atoms. The van der Waals surface area contributed by atoms with E-state index in [-0.39, 0.29) is 5.92 Å². The molecule has 0 amide bonds. The maximum absolute atomic E-state index is 13.5. The van der Waals surface area contributed by atoms with Crippen molar-refractivity contribution in [2.75, 3.05) is 5.33 Å². The Balaban J connectivity index is 2.43. The number of halogens is 3. The molecule has 0 bridgehead atoms. The zero-order chi connectivity index (χ0) is 15.4. The maximum atomic E-state index is 13.5. The van der Waals surface area contributed by atoms with Crippen LogP contribution in [-0.2, 0) is 0 Å². The number of benzene rings is 2. The van der Waals surface area contributed by atoms with Crippen LogP contribution in [0.4, 0.5) is 8.78 Å². The largest absolute Gasteiger partial charge is 0.207 e. The van der Waals surface area contributed by atoms with Crippen molar-refractivity contribution in [3.05, 3.63) is 70.3 Å². The molecule has 0 saturated carbocycles. The normalized spacial score (nSPS) is 12.4. The van der Waals surface area contributed by atoms with Crippen LogP contribution >= 0.6 is 15.9 Å². The second-order valence-electron chi connectivity index (χ2n) is 5.43. The Morgan fingerprint density at radius 1 is 0.905 bits per heavy atom. The summed E-state index contributed by atoms with van der Waals surface area (Å²) in [6.45, 7) is 4.13. The van der Waals surface area contributed by atoms with Gasteiger partial charge in [0, 0.05) is 17.3 Å². The molecular weight excluding hydrogens is 334 g/mol. The third-order valence-corrected chi connectivity index (χ3v) is 4.41. The van der Waals surface area contributed by atoms with Crippen LogP contribution in [0, 0.1) is 25.5 Å². The molecule has 0 aliphatic rings. The van der Waals surface area contributed by atoms with Gasteiger partial charge in [0.15, 0.2) is 0 Å². The van der Waals surface area contributed by atoms with E-state index in [1.165, 1.54) is 23.3 Å². The summed E-state index contributed by atoms with van der Waals surface area (Å²) in [5, 5.41) is 0.881. The predicted octanol–water partition coefficient (Wildman–Crippen LogP) is 5.89. The number of hydrogen-bond donors (Lipinski definition) is 0. The van der Waals surface area contributed by atoms with Crippen molar-refractivity contribution in [1.82, 2.24) is 0 Å². The van der Waals surface area contributed by atoms with Crippen LogP contribution in [0.15, 0.2) is 36.4 Å². The highest BCUT2D eigenvalue weighted by Gasteiger charge is 2.16. The Labute approximate surface area is 133 Å².